The van der Waals surface area contributed by atoms with E-state index in [1.165, 1.54) is 18.4 Å². The van der Waals surface area contributed by atoms with E-state index in [9.17, 15) is 9.59 Å². The summed E-state index contributed by atoms with van der Waals surface area (Å²) >= 11 is 0. The molecule has 1 fully saturated rings. The second-order valence-electron chi connectivity index (χ2n) is 12.2. The van der Waals surface area contributed by atoms with Gasteiger partial charge in [0.2, 0.25) is 5.91 Å². The molecule has 3 aliphatic rings. The molecule has 0 aliphatic carbocycles. The molecule has 3 aromatic rings. The highest BCUT2D eigenvalue weighted by Crippen LogP contribution is 2.48. The first-order valence-electron chi connectivity index (χ1n) is 16.4. The van der Waals surface area contributed by atoms with Crippen molar-refractivity contribution in [2.24, 2.45) is 5.92 Å². The SMILES string of the molecule is CCOc1cc2c(cc1OCC)[C@H]1[C@@H](C(=O)NCCCN3CCC(Cc4ccccc4)CC3)c3ccccc3C(=O)N1CC2. The van der Waals surface area contributed by atoms with E-state index in [2.05, 4.69) is 40.5 Å². The minimum absolute atomic E-state index is 0.0113. The van der Waals surface area contributed by atoms with Crippen LogP contribution in [-0.2, 0) is 17.6 Å². The van der Waals surface area contributed by atoms with Crippen molar-refractivity contribution in [3.05, 3.63) is 94.5 Å². The Labute approximate surface area is 261 Å². The van der Waals surface area contributed by atoms with Crippen molar-refractivity contribution in [2.75, 3.05) is 45.9 Å². The summed E-state index contributed by atoms with van der Waals surface area (Å²) in [6.45, 7) is 9.34. The smallest absolute Gasteiger partial charge is 0.254 e. The molecule has 3 aliphatic heterocycles. The van der Waals surface area contributed by atoms with Crippen molar-refractivity contribution in [1.29, 1.82) is 0 Å². The molecule has 2 atom stereocenters. The van der Waals surface area contributed by atoms with Crippen LogP contribution in [0.15, 0.2) is 66.7 Å². The highest BCUT2D eigenvalue weighted by Gasteiger charge is 2.46. The Hall–Kier alpha value is -3.84. The van der Waals surface area contributed by atoms with Gasteiger partial charge in [0.1, 0.15) is 0 Å². The van der Waals surface area contributed by atoms with E-state index >= 15 is 0 Å². The summed E-state index contributed by atoms with van der Waals surface area (Å²) < 4.78 is 11.9. The molecular formula is C37H45N3O4. The van der Waals surface area contributed by atoms with Gasteiger partial charge >= 0.3 is 0 Å². The molecule has 7 nitrogen and oxygen atoms in total. The van der Waals surface area contributed by atoms with Gasteiger partial charge in [-0.3, -0.25) is 9.59 Å². The van der Waals surface area contributed by atoms with Crippen LogP contribution in [-0.4, -0.2) is 67.6 Å². The van der Waals surface area contributed by atoms with E-state index in [4.69, 9.17) is 9.47 Å². The Kier molecular flexibility index (Phi) is 9.51. The first-order valence-corrected chi connectivity index (χ1v) is 16.4. The van der Waals surface area contributed by atoms with Gasteiger partial charge in [-0.15, -0.1) is 0 Å². The summed E-state index contributed by atoms with van der Waals surface area (Å²) in [6, 6.07) is 22.1. The Morgan fingerprint density at radius 3 is 2.34 bits per heavy atom. The summed E-state index contributed by atoms with van der Waals surface area (Å²) in [5.74, 6) is 1.59. The summed E-state index contributed by atoms with van der Waals surface area (Å²) in [5, 5.41) is 3.26. The molecule has 2 amide bonds. The first kappa shape index (κ1) is 30.2. The van der Waals surface area contributed by atoms with Gasteiger partial charge in [0, 0.05) is 18.7 Å². The second kappa shape index (κ2) is 13.9. The van der Waals surface area contributed by atoms with Crippen LogP contribution < -0.4 is 14.8 Å². The molecule has 1 N–H and O–H groups in total. The number of hydrogen-bond donors (Lipinski definition) is 1. The Morgan fingerprint density at radius 2 is 1.59 bits per heavy atom. The topological polar surface area (TPSA) is 71.1 Å². The number of likely N-dealkylation sites (tertiary alicyclic amines) is 1. The molecule has 44 heavy (non-hydrogen) atoms. The normalized spacial score (nSPS) is 20.0. The van der Waals surface area contributed by atoms with Crippen LogP contribution in [0.2, 0.25) is 0 Å². The van der Waals surface area contributed by atoms with E-state index in [0.717, 1.165) is 55.1 Å². The maximum atomic E-state index is 14.1. The molecular weight excluding hydrogens is 550 g/mol. The third-order valence-corrected chi connectivity index (χ3v) is 9.49. The lowest BCUT2D eigenvalue weighted by Crippen LogP contribution is -2.50. The molecule has 1 saturated heterocycles. The van der Waals surface area contributed by atoms with Crippen molar-refractivity contribution >= 4 is 11.8 Å². The largest absolute Gasteiger partial charge is 0.490 e. The van der Waals surface area contributed by atoms with Crippen LogP contribution in [0.5, 0.6) is 11.5 Å². The van der Waals surface area contributed by atoms with Crippen molar-refractivity contribution in [3.8, 4) is 11.5 Å². The van der Waals surface area contributed by atoms with Crippen molar-refractivity contribution in [2.45, 2.75) is 57.9 Å². The highest BCUT2D eigenvalue weighted by atomic mass is 16.5. The zero-order valence-corrected chi connectivity index (χ0v) is 26.1. The van der Waals surface area contributed by atoms with Crippen molar-refractivity contribution in [1.82, 2.24) is 15.1 Å². The molecule has 0 radical (unpaired) electrons. The average Bonchev–Trinajstić information content (AvgIpc) is 3.05. The molecule has 6 rings (SSSR count). The number of hydrogen-bond acceptors (Lipinski definition) is 5. The molecule has 232 valence electrons. The van der Waals surface area contributed by atoms with Gasteiger partial charge in [-0.1, -0.05) is 48.5 Å². The van der Waals surface area contributed by atoms with Gasteiger partial charge in [-0.2, -0.15) is 0 Å². The molecule has 0 aromatic heterocycles. The fourth-order valence-corrected chi connectivity index (χ4v) is 7.34. The molecule has 0 bridgehead atoms. The van der Waals surface area contributed by atoms with E-state index in [-0.39, 0.29) is 17.9 Å². The average molecular weight is 596 g/mol. The minimum atomic E-state index is -0.496. The Morgan fingerprint density at radius 1 is 0.886 bits per heavy atom. The number of rotatable bonds is 11. The summed E-state index contributed by atoms with van der Waals surface area (Å²) in [7, 11) is 0. The monoisotopic (exact) mass is 595 g/mol. The van der Waals surface area contributed by atoms with Gasteiger partial charge in [-0.25, -0.2) is 0 Å². The van der Waals surface area contributed by atoms with E-state index in [1.54, 1.807) is 0 Å². The van der Waals surface area contributed by atoms with Gasteiger partial charge in [-0.05, 0) is 112 Å². The molecule has 3 heterocycles. The lowest BCUT2D eigenvalue weighted by Gasteiger charge is -2.45. The summed E-state index contributed by atoms with van der Waals surface area (Å²) in [4.78, 5) is 32.2. The molecule has 0 saturated carbocycles. The van der Waals surface area contributed by atoms with Gasteiger partial charge < -0.3 is 24.6 Å². The molecule has 7 heteroatoms. The molecule has 3 aromatic carbocycles. The van der Waals surface area contributed by atoms with Crippen LogP contribution in [0.4, 0.5) is 0 Å². The van der Waals surface area contributed by atoms with Crippen LogP contribution in [0.3, 0.4) is 0 Å². The maximum Gasteiger partial charge on any atom is 0.254 e. The molecule has 0 unspecified atom stereocenters. The number of amides is 2. The number of piperidine rings is 1. The van der Waals surface area contributed by atoms with Gasteiger partial charge in [0.15, 0.2) is 11.5 Å². The second-order valence-corrected chi connectivity index (χ2v) is 12.2. The van der Waals surface area contributed by atoms with Crippen LogP contribution in [0, 0.1) is 5.92 Å². The fraction of sp³-hybridized carbons (Fsp3) is 0.459. The van der Waals surface area contributed by atoms with Gasteiger partial charge in [0.25, 0.3) is 5.91 Å². The number of ether oxygens (including phenoxy) is 2. The predicted molar refractivity (Wildman–Crippen MR) is 172 cm³/mol. The van der Waals surface area contributed by atoms with E-state index < -0.39 is 5.92 Å². The van der Waals surface area contributed by atoms with Gasteiger partial charge in [0.05, 0.1) is 25.2 Å². The third-order valence-electron chi connectivity index (χ3n) is 9.49. The minimum Gasteiger partial charge on any atom is -0.490 e. The van der Waals surface area contributed by atoms with E-state index in [0.29, 0.717) is 49.8 Å². The standard InChI is InChI=1S/C37H45N3O4/c1-3-43-32-24-28-17-22-40-35(31(28)25-33(32)44-4-2)34(29-13-8-9-14-30(29)37(40)42)36(41)38-18-10-19-39-20-15-27(16-21-39)23-26-11-6-5-7-12-26/h5-9,11-14,24-25,27,34-35H,3-4,10,15-23H2,1-2H3,(H,38,41)/t34-,35-/m0/s1. The summed E-state index contributed by atoms with van der Waals surface area (Å²) in [5.41, 5.74) is 4.95. The lowest BCUT2D eigenvalue weighted by atomic mass is 9.75. The van der Waals surface area contributed by atoms with Crippen LogP contribution >= 0.6 is 0 Å². The Bertz CT molecular complexity index is 1450. The molecule has 0 spiro atoms. The highest BCUT2D eigenvalue weighted by molar-refractivity contribution is 6.01. The third kappa shape index (κ3) is 6.34. The first-order chi connectivity index (χ1) is 21.6. The zero-order valence-electron chi connectivity index (χ0n) is 26.1. The van der Waals surface area contributed by atoms with E-state index in [1.807, 2.05) is 55.1 Å². The summed E-state index contributed by atoms with van der Waals surface area (Å²) in [6.07, 6.45) is 5.22. The number of nitrogens with one attached hydrogen (secondary N) is 1. The quantitative estimate of drug-likeness (QED) is 0.285. The number of carbonyl (C=O) groups is 2. The number of carbonyl (C=O) groups excluding carboxylic acids is 2. The van der Waals surface area contributed by atoms with Crippen LogP contribution in [0.1, 0.15) is 77.7 Å². The number of benzene rings is 3. The number of fused-ring (bicyclic) bond motifs is 4. The van der Waals surface area contributed by atoms with Crippen molar-refractivity contribution < 1.29 is 19.1 Å². The zero-order chi connectivity index (χ0) is 30.5. The predicted octanol–water partition coefficient (Wildman–Crippen LogP) is 5.78. The number of nitrogens with zero attached hydrogens (tertiary/aromatic N) is 2. The Balaban J connectivity index is 1.13. The lowest BCUT2D eigenvalue weighted by molar-refractivity contribution is -0.124. The van der Waals surface area contributed by atoms with Crippen molar-refractivity contribution in [3.63, 3.8) is 0 Å². The fourth-order valence-electron chi connectivity index (χ4n) is 7.34. The van der Waals surface area contributed by atoms with Crippen LogP contribution in [0.25, 0.3) is 0 Å². The maximum absolute atomic E-state index is 14.1.